The van der Waals surface area contributed by atoms with Crippen LogP contribution in [0.1, 0.15) is 5.56 Å². The molecule has 0 amide bonds. The van der Waals surface area contributed by atoms with Crippen LogP contribution in [0.15, 0.2) is 12.3 Å². The molecule has 54 valence electrons. The van der Waals surface area contributed by atoms with Crippen LogP contribution in [0.5, 0.6) is 0 Å². The number of halogens is 1. The average molecular weight is 142 g/mol. The molecule has 10 heavy (non-hydrogen) atoms. The Morgan fingerprint density at radius 3 is 2.90 bits per heavy atom. The molecule has 0 aliphatic heterocycles. The quantitative estimate of drug-likeness (QED) is 0.592. The molecule has 0 fully saturated rings. The second-order valence-electron chi connectivity index (χ2n) is 1.86. The summed E-state index contributed by atoms with van der Waals surface area (Å²) >= 11 is 0. The number of nitrogen functional groups attached to an aromatic ring is 1. The van der Waals surface area contributed by atoms with Crippen LogP contribution in [0, 0.1) is 5.82 Å². The zero-order valence-corrected chi connectivity index (χ0v) is 5.21. The van der Waals surface area contributed by atoms with Gasteiger partial charge in [-0.05, 0) is 6.07 Å². The first kappa shape index (κ1) is 6.95. The highest BCUT2D eigenvalue weighted by Crippen LogP contribution is 2.07. The van der Waals surface area contributed by atoms with Gasteiger partial charge >= 0.3 is 0 Å². The van der Waals surface area contributed by atoms with E-state index < -0.39 is 5.82 Å². The van der Waals surface area contributed by atoms with Crippen LogP contribution in [0.2, 0.25) is 0 Å². The average Bonchev–Trinajstić information content (AvgIpc) is 1.94. The van der Waals surface area contributed by atoms with E-state index in [0.29, 0.717) is 0 Å². The van der Waals surface area contributed by atoms with Crippen LogP contribution in [0.3, 0.4) is 0 Å². The van der Waals surface area contributed by atoms with Gasteiger partial charge in [0.25, 0.3) is 0 Å². The molecule has 0 aliphatic rings. The molecule has 0 atom stereocenters. The summed E-state index contributed by atoms with van der Waals surface area (Å²) in [5.74, 6) is -0.317. The van der Waals surface area contributed by atoms with Gasteiger partial charge in [-0.25, -0.2) is 9.37 Å². The van der Waals surface area contributed by atoms with Gasteiger partial charge in [0.1, 0.15) is 11.6 Å². The van der Waals surface area contributed by atoms with Gasteiger partial charge in [-0.15, -0.1) is 0 Å². The smallest absolute Gasteiger partial charge is 0.147 e. The third-order valence-corrected chi connectivity index (χ3v) is 1.13. The number of hydrogen-bond acceptors (Lipinski definition) is 3. The van der Waals surface area contributed by atoms with Crippen molar-refractivity contribution in [2.24, 2.45) is 0 Å². The van der Waals surface area contributed by atoms with Crippen molar-refractivity contribution in [1.29, 1.82) is 0 Å². The molecule has 0 bridgehead atoms. The number of rotatable bonds is 1. The number of pyridine rings is 1. The van der Waals surface area contributed by atoms with E-state index in [1.54, 1.807) is 0 Å². The molecule has 1 aromatic heterocycles. The monoisotopic (exact) mass is 142 g/mol. The predicted octanol–water partition coefficient (Wildman–Crippen LogP) is 0.295. The highest BCUT2D eigenvalue weighted by Gasteiger charge is 1.99. The van der Waals surface area contributed by atoms with Crippen LogP contribution >= 0.6 is 0 Å². The molecule has 0 saturated carbocycles. The third-order valence-electron chi connectivity index (χ3n) is 1.13. The molecule has 3 nitrogen and oxygen atoms in total. The fourth-order valence-electron chi connectivity index (χ4n) is 0.620. The fraction of sp³-hybridized carbons (Fsp3) is 0.167. The van der Waals surface area contributed by atoms with Gasteiger partial charge < -0.3 is 10.8 Å². The molecule has 1 aromatic rings. The van der Waals surface area contributed by atoms with Crippen molar-refractivity contribution in [2.75, 3.05) is 5.73 Å². The largest absolute Gasteiger partial charge is 0.392 e. The van der Waals surface area contributed by atoms with Crippen molar-refractivity contribution in [3.05, 3.63) is 23.6 Å². The summed E-state index contributed by atoms with van der Waals surface area (Å²) in [5, 5.41) is 8.52. The Bertz CT molecular complexity index is 239. The molecule has 1 rings (SSSR count). The number of aromatic nitrogens is 1. The van der Waals surface area contributed by atoms with Crippen LogP contribution in [-0.4, -0.2) is 10.1 Å². The first-order valence-corrected chi connectivity index (χ1v) is 2.75. The molecule has 4 heteroatoms. The summed E-state index contributed by atoms with van der Waals surface area (Å²) in [6.45, 7) is -0.349. The fourth-order valence-corrected chi connectivity index (χ4v) is 0.620. The van der Waals surface area contributed by atoms with Crippen molar-refractivity contribution < 1.29 is 9.50 Å². The number of aliphatic hydroxyl groups is 1. The summed E-state index contributed by atoms with van der Waals surface area (Å²) in [4.78, 5) is 3.48. The summed E-state index contributed by atoms with van der Waals surface area (Å²) in [6, 6.07) is 1.30. The molecule has 0 aliphatic carbocycles. The number of anilines is 1. The molecule has 0 radical (unpaired) electrons. The number of aliphatic hydroxyl groups excluding tert-OH is 1. The molecule has 0 aromatic carbocycles. The first-order chi connectivity index (χ1) is 4.74. The van der Waals surface area contributed by atoms with Crippen LogP contribution in [-0.2, 0) is 6.61 Å². The minimum Gasteiger partial charge on any atom is -0.392 e. The lowest BCUT2D eigenvalue weighted by Gasteiger charge is -1.97. The van der Waals surface area contributed by atoms with E-state index in [0.717, 1.165) is 6.20 Å². The maximum atomic E-state index is 12.5. The van der Waals surface area contributed by atoms with Gasteiger partial charge in [-0.1, -0.05) is 0 Å². The summed E-state index contributed by atoms with van der Waals surface area (Å²) in [6.07, 6.45) is 0.987. The van der Waals surface area contributed by atoms with Crippen molar-refractivity contribution >= 4 is 5.82 Å². The van der Waals surface area contributed by atoms with Crippen molar-refractivity contribution in [1.82, 2.24) is 4.98 Å². The van der Waals surface area contributed by atoms with Gasteiger partial charge in [-0.2, -0.15) is 0 Å². The zero-order valence-electron chi connectivity index (χ0n) is 5.21. The lowest BCUT2D eigenvalue weighted by atomic mass is 10.2. The summed E-state index contributed by atoms with van der Waals surface area (Å²) < 4.78 is 12.5. The second kappa shape index (κ2) is 2.62. The van der Waals surface area contributed by atoms with E-state index in [4.69, 9.17) is 10.8 Å². The Hall–Kier alpha value is -1.16. The topological polar surface area (TPSA) is 59.1 Å². The zero-order chi connectivity index (χ0) is 7.56. The Morgan fingerprint density at radius 2 is 2.40 bits per heavy atom. The summed E-state index contributed by atoms with van der Waals surface area (Å²) in [5.41, 5.74) is 5.39. The Balaban J connectivity index is 3.09. The number of nitrogens with zero attached hydrogens (tertiary/aromatic N) is 1. The minimum absolute atomic E-state index is 0.174. The SMILES string of the molecule is Nc1cc(CO)c(F)cn1. The normalized spacial score (nSPS) is 9.80. The van der Waals surface area contributed by atoms with Gasteiger partial charge in [0.15, 0.2) is 0 Å². The molecule has 0 saturated heterocycles. The van der Waals surface area contributed by atoms with E-state index >= 15 is 0 Å². The van der Waals surface area contributed by atoms with Gasteiger partial charge in [0.05, 0.1) is 12.8 Å². The second-order valence-corrected chi connectivity index (χ2v) is 1.86. The maximum Gasteiger partial charge on any atom is 0.147 e. The van der Waals surface area contributed by atoms with E-state index in [1.165, 1.54) is 6.07 Å². The highest BCUT2D eigenvalue weighted by atomic mass is 19.1. The lowest BCUT2D eigenvalue weighted by molar-refractivity contribution is 0.275. The Labute approximate surface area is 57.3 Å². The van der Waals surface area contributed by atoms with E-state index in [1.807, 2.05) is 0 Å². The van der Waals surface area contributed by atoms with Crippen molar-refractivity contribution in [3.8, 4) is 0 Å². The van der Waals surface area contributed by atoms with Crippen LogP contribution < -0.4 is 5.73 Å². The van der Waals surface area contributed by atoms with Gasteiger partial charge in [0, 0.05) is 5.56 Å². The third kappa shape index (κ3) is 1.22. The van der Waals surface area contributed by atoms with E-state index in [2.05, 4.69) is 4.98 Å². The Kier molecular flexibility index (Phi) is 1.82. The van der Waals surface area contributed by atoms with Crippen LogP contribution in [0.25, 0.3) is 0 Å². The maximum absolute atomic E-state index is 12.5. The number of hydrogen-bond donors (Lipinski definition) is 2. The van der Waals surface area contributed by atoms with E-state index in [-0.39, 0.29) is 18.0 Å². The Morgan fingerprint density at radius 1 is 1.70 bits per heavy atom. The van der Waals surface area contributed by atoms with Gasteiger partial charge in [0.2, 0.25) is 0 Å². The highest BCUT2D eigenvalue weighted by molar-refractivity contribution is 5.32. The van der Waals surface area contributed by atoms with Crippen LogP contribution in [0.4, 0.5) is 10.2 Å². The minimum atomic E-state index is -0.531. The molecule has 0 spiro atoms. The molecular formula is C6H7FN2O. The lowest BCUT2D eigenvalue weighted by Crippen LogP contribution is -1.95. The first-order valence-electron chi connectivity index (χ1n) is 2.75. The summed E-state index contributed by atoms with van der Waals surface area (Å²) in [7, 11) is 0. The van der Waals surface area contributed by atoms with E-state index in [9.17, 15) is 4.39 Å². The van der Waals surface area contributed by atoms with Crippen molar-refractivity contribution in [2.45, 2.75) is 6.61 Å². The molecule has 3 N–H and O–H groups in total. The standard InChI is InChI=1S/C6H7FN2O/c7-5-2-9-6(8)1-4(5)3-10/h1-2,10H,3H2,(H2,8,9). The van der Waals surface area contributed by atoms with Gasteiger partial charge in [-0.3, -0.25) is 0 Å². The molecule has 0 unspecified atom stereocenters. The molecule has 1 heterocycles. The predicted molar refractivity (Wildman–Crippen MR) is 34.5 cm³/mol. The van der Waals surface area contributed by atoms with Crippen molar-refractivity contribution in [3.63, 3.8) is 0 Å². The number of nitrogens with two attached hydrogens (primary N) is 1. The molecular weight excluding hydrogens is 135 g/mol.